The van der Waals surface area contributed by atoms with Crippen LogP contribution in [-0.2, 0) is 9.59 Å². The van der Waals surface area contributed by atoms with E-state index in [1.165, 1.54) is 25.7 Å². The van der Waals surface area contributed by atoms with Gasteiger partial charge in [-0.05, 0) is 38.0 Å². The molecule has 0 aromatic heterocycles. The summed E-state index contributed by atoms with van der Waals surface area (Å²) in [7, 11) is 0. The highest BCUT2D eigenvalue weighted by Crippen LogP contribution is 2.28. The molecule has 2 amide bonds. The molecule has 5 nitrogen and oxygen atoms in total. The second-order valence-corrected chi connectivity index (χ2v) is 6.54. The fourth-order valence-corrected chi connectivity index (χ4v) is 3.40. The summed E-state index contributed by atoms with van der Waals surface area (Å²) in [5.41, 5.74) is 0. The van der Waals surface area contributed by atoms with Gasteiger partial charge in [0.05, 0.1) is 12.6 Å². The molecule has 21 heavy (non-hydrogen) atoms. The van der Waals surface area contributed by atoms with Crippen molar-refractivity contribution in [2.45, 2.75) is 76.4 Å². The summed E-state index contributed by atoms with van der Waals surface area (Å²) < 4.78 is 0. The van der Waals surface area contributed by atoms with Crippen molar-refractivity contribution in [3.05, 3.63) is 0 Å². The van der Waals surface area contributed by atoms with E-state index >= 15 is 0 Å². The van der Waals surface area contributed by atoms with Crippen LogP contribution in [0.3, 0.4) is 0 Å². The van der Waals surface area contributed by atoms with Gasteiger partial charge in [-0.2, -0.15) is 0 Å². The molecule has 0 spiro atoms. The third kappa shape index (κ3) is 6.04. The highest BCUT2D eigenvalue weighted by atomic mass is 16.3. The van der Waals surface area contributed by atoms with Crippen LogP contribution in [0.15, 0.2) is 0 Å². The largest absolute Gasteiger partial charge is 0.393 e. The van der Waals surface area contributed by atoms with E-state index in [0.717, 1.165) is 32.1 Å². The molecular weight excluding hydrogens is 268 g/mol. The minimum atomic E-state index is -0.214. The number of nitrogens with one attached hydrogen (secondary N) is 2. The third-order valence-corrected chi connectivity index (χ3v) is 4.76. The Bertz CT molecular complexity index is 345. The van der Waals surface area contributed by atoms with Crippen LogP contribution in [-0.4, -0.2) is 35.6 Å². The number of hydrogen-bond acceptors (Lipinski definition) is 3. The minimum absolute atomic E-state index is 0.0175. The number of aliphatic hydroxyl groups excluding tert-OH is 1. The predicted molar refractivity (Wildman–Crippen MR) is 80.6 cm³/mol. The molecule has 2 fully saturated rings. The summed E-state index contributed by atoms with van der Waals surface area (Å²) in [6, 6.07) is 0.149. The van der Waals surface area contributed by atoms with E-state index in [4.69, 9.17) is 0 Å². The average Bonchev–Trinajstić information content (AvgIpc) is 2.99. The Morgan fingerprint density at radius 1 is 0.952 bits per heavy atom. The topological polar surface area (TPSA) is 78.4 Å². The Morgan fingerprint density at radius 3 is 2.29 bits per heavy atom. The minimum Gasteiger partial charge on any atom is -0.393 e. The lowest BCUT2D eigenvalue weighted by Gasteiger charge is -2.26. The number of hydrogen-bond donors (Lipinski definition) is 3. The molecule has 0 saturated heterocycles. The maximum absolute atomic E-state index is 11.8. The highest BCUT2D eigenvalue weighted by Gasteiger charge is 2.21. The molecule has 3 N–H and O–H groups in total. The average molecular weight is 296 g/mol. The second-order valence-electron chi connectivity index (χ2n) is 6.54. The fraction of sp³-hybridized carbons (Fsp3) is 0.875. The van der Waals surface area contributed by atoms with Crippen LogP contribution < -0.4 is 10.6 Å². The van der Waals surface area contributed by atoms with Crippen molar-refractivity contribution in [1.82, 2.24) is 10.6 Å². The van der Waals surface area contributed by atoms with E-state index in [1.807, 2.05) is 0 Å². The summed E-state index contributed by atoms with van der Waals surface area (Å²) >= 11 is 0. The zero-order valence-electron chi connectivity index (χ0n) is 12.8. The molecule has 5 heteroatoms. The monoisotopic (exact) mass is 296 g/mol. The van der Waals surface area contributed by atoms with Gasteiger partial charge in [-0.1, -0.05) is 25.7 Å². The van der Waals surface area contributed by atoms with Gasteiger partial charge in [0.1, 0.15) is 0 Å². The number of rotatable bonds is 6. The smallest absolute Gasteiger partial charge is 0.239 e. The summed E-state index contributed by atoms with van der Waals surface area (Å²) in [6.07, 6.45) is 9.51. The van der Waals surface area contributed by atoms with Crippen molar-refractivity contribution >= 4 is 11.8 Å². The molecular formula is C16H28N2O3. The standard InChI is InChI=1S/C16H28N2O3/c19-14-8-6-13(7-9-14)18-16(21)11-17-15(20)10-5-12-3-1-2-4-12/h12-14,19H,1-11H2,(H,17,20)(H,18,21). The maximum atomic E-state index is 11.8. The molecule has 2 saturated carbocycles. The zero-order valence-corrected chi connectivity index (χ0v) is 12.8. The van der Waals surface area contributed by atoms with Crippen LogP contribution in [0.4, 0.5) is 0 Å². The lowest BCUT2D eigenvalue weighted by atomic mass is 9.93. The van der Waals surface area contributed by atoms with Crippen molar-refractivity contribution in [3.8, 4) is 0 Å². The quantitative estimate of drug-likeness (QED) is 0.695. The van der Waals surface area contributed by atoms with Crippen LogP contribution in [0.25, 0.3) is 0 Å². The van der Waals surface area contributed by atoms with Gasteiger partial charge in [0.25, 0.3) is 0 Å². The van der Waals surface area contributed by atoms with Gasteiger partial charge >= 0.3 is 0 Å². The molecule has 0 radical (unpaired) electrons. The van der Waals surface area contributed by atoms with E-state index in [2.05, 4.69) is 10.6 Å². The zero-order chi connectivity index (χ0) is 15.1. The van der Waals surface area contributed by atoms with Crippen LogP contribution in [0, 0.1) is 5.92 Å². The second kappa shape index (κ2) is 8.37. The van der Waals surface area contributed by atoms with Gasteiger partial charge in [-0.15, -0.1) is 0 Å². The van der Waals surface area contributed by atoms with Crippen LogP contribution >= 0.6 is 0 Å². The molecule has 0 aromatic carbocycles. The van der Waals surface area contributed by atoms with Crippen molar-refractivity contribution in [2.75, 3.05) is 6.54 Å². The highest BCUT2D eigenvalue weighted by molar-refractivity contribution is 5.84. The first-order valence-corrected chi connectivity index (χ1v) is 8.37. The summed E-state index contributed by atoms with van der Waals surface area (Å²) in [4.78, 5) is 23.5. The summed E-state index contributed by atoms with van der Waals surface area (Å²) in [5, 5.41) is 15.0. The van der Waals surface area contributed by atoms with Gasteiger partial charge in [0, 0.05) is 12.5 Å². The van der Waals surface area contributed by atoms with E-state index < -0.39 is 0 Å². The predicted octanol–water partition coefficient (Wildman–Crippen LogP) is 1.49. The Hall–Kier alpha value is -1.10. The number of carbonyl (C=O) groups is 2. The van der Waals surface area contributed by atoms with Crippen LogP contribution in [0.2, 0.25) is 0 Å². The maximum Gasteiger partial charge on any atom is 0.239 e. The Morgan fingerprint density at radius 2 is 1.62 bits per heavy atom. The lowest BCUT2D eigenvalue weighted by Crippen LogP contribution is -2.43. The number of aliphatic hydroxyl groups is 1. The fourth-order valence-electron chi connectivity index (χ4n) is 3.40. The molecule has 2 aliphatic carbocycles. The Labute approximate surface area is 126 Å². The van der Waals surface area contributed by atoms with E-state index in [9.17, 15) is 14.7 Å². The molecule has 0 aliphatic heterocycles. The normalized spacial score (nSPS) is 26.5. The summed E-state index contributed by atoms with van der Waals surface area (Å²) in [6.45, 7) is 0.0720. The van der Waals surface area contributed by atoms with E-state index in [0.29, 0.717) is 12.3 Å². The van der Waals surface area contributed by atoms with Gasteiger partial charge in [0.2, 0.25) is 11.8 Å². The molecule has 0 unspecified atom stereocenters. The van der Waals surface area contributed by atoms with Crippen molar-refractivity contribution in [1.29, 1.82) is 0 Å². The SMILES string of the molecule is O=C(CCC1CCCC1)NCC(=O)NC1CCC(O)CC1. The number of carbonyl (C=O) groups excluding carboxylic acids is 2. The first-order valence-electron chi connectivity index (χ1n) is 8.37. The number of amides is 2. The molecule has 2 rings (SSSR count). The molecule has 0 bridgehead atoms. The first-order chi connectivity index (χ1) is 10.1. The van der Waals surface area contributed by atoms with Crippen molar-refractivity contribution in [2.24, 2.45) is 5.92 Å². The lowest BCUT2D eigenvalue weighted by molar-refractivity contribution is -0.126. The molecule has 120 valence electrons. The Kier molecular flexibility index (Phi) is 6.49. The first kappa shape index (κ1) is 16.3. The Balaban J connectivity index is 1.54. The van der Waals surface area contributed by atoms with Gasteiger partial charge in [0.15, 0.2) is 0 Å². The van der Waals surface area contributed by atoms with Gasteiger partial charge < -0.3 is 15.7 Å². The molecule has 0 aromatic rings. The molecule has 0 atom stereocenters. The van der Waals surface area contributed by atoms with Crippen LogP contribution in [0.1, 0.15) is 64.2 Å². The van der Waals surface area contributed by atoms with E-state index in [-0.39, 0.29) is 30.5 Å². The van der Waals surface area contributed by atoms with Gasteiger partial charge in [-0.25, -0.2) is 0 Å². The molecule has 2 aliphatic rings. The van der Waals surface area contributed by atoms with Gasteiger partial charge in [-0.3, -0.25) is 9.59 Å². The van der Waals surface area contributed by atoms with Crippen molar-refractivity contribution < 1.29 is 14.7 Å². The van der Waals surface area contributed by atoms with Crippen LogP contribution in [0.5, 0.6) is 0 Å². The molecule has 0 heterocycles. The van der Waals surface area contributed by atoms with E-state index in [1.54, 1.807) is 0 Å². The summed E-state index contributed by atoms with van der Waals surface area (Å²) in [5.74, 6) is 0.569. The third-order valence-electron chi connectivity index (χ3n) is 4.76. The van der Waals surface area contributed by atoms with Crippen molar-refractivity contribution in [3.63, 3.8) is 0 Å².